The smallest absolute Gasteiger partial charge is 0.255 e. The molecule has 0 unspecified atom stereocenters. The molecule has 0 spiro atoms. The van der Waals surface area contributed by atoms with Crippen LogP contribution in [-0.4, -0.2) is 30.0 Å². The Morgan fingerprint density at radius 1 is 1.39 bits per heavy atom. The number of hydrogen-bond donors (Lipinski definition) is 1. The molecule has 0 saturated carbocycles. The van der Waals surface area contributed by atoms with Crippen LogP contribution in [0.25, 0.3) is 0 Å². The van der Waals surface area contributed by atoms with Crippen molar-refractivity contribution in [3.8, 4) is 0 Å². The molecule has 0 aliphatic rings. The Kier molecular flexibility index (Phi) is 3.88. The molecule has 2 rings (SSSR count). The van der Waals surface area contributed by atoms with Crippen LogP contribution in [0, 0.1) is 0 Å². The first kappa shape index (κ1) is 12.5. The van der Waals surface area contributed by atoms with Crippen LogP contribution in [0.5, 0.6) is 0 Å². The molecule has 6 heteroatoms. The predicted octanol–water partition coefficient (Wildman–Crippen LogP) is 1.53. The molecule has 0 bridgehead atoms. The van der Waals surface area contributed by atoms with Gasteiger partial charge in [0.05, 0.1) is 12.1 Å². The Hall–Kier alpha value is -1.95. The third-order valence-corrected chi connectivity index (χ3v) is 3.12. The second kappa shape index (κ2) is 5.59. The van der Waals surface area contributed by atoms with Crippen molar-refractivity contribution in [2.24, 2.45) is 0 Å². The summed E-state index contributed by atoms with van der Waals surface area (Å²) in [5, 5.41) is 5.61. The van der Waals surface area contributed by atoms with Crippen LogP contribution in [0.4, 0.5) is 5.82 Å². The molecule has 2 aromatic rings. The summed E-state index contributed by atoms with van der Waals surface area (Å²) in [6.07, 6.45) is 3.40. The molecular formula is C12H14N4OS. The van der Waals surface area contributed by atoms with Crippen LogP contribution >= 0.6 is 11.3 Å². The molecule has 1 N–H and O–H groups in total. The zero-order chi connectivity index (χ0) is 13.0. The number of carbonyl (C=O) groups is 1. The maximum absolute atomic E-state index is 12.1. The average Bonchev–Trinajstić information content (AvgIpc) is 2.89. The van der Waals surface area contributed by atoms with Crippen molar-refractivity contribution in [3.63, 3.8) is 0 Å². The van der Waals surface area contributed by atoms with Gasteiger partial charge in [-0.2, -0.15) is 0 Å². The highest BCUT2D eigenvalue weighted by Gasteiger charge is 2.13. The number of amides is 1. The fourth-order valence-electron chi connectivity index (χ4n) is 1.52. The van der Waals surface area contributed by atoms with Gasteiger partial charge in [-0.1, -0.05) is 0 Å². The number of thiazole rings is 1. The lowest BCUT2D eigenvalue weighted by Crippen LogP contribution is -2.25. The predicted molar refractivity (Wildman–Crippen MR) is 71.8 cm³/mol. The molecule has 0 atom stereocenters. The van der Waals surface area contributed by atoms with Gasteiger partial charge in [0.25, 0.3) is 5.91 Å². The van der Waals surface area contributed by atoms with Crippen molar-refractivity contribution in [1.29, 1.82) is 0 Å². The molecule has 1 amide bonds. The third kappa shape index (κ3) is 2.84. The Bertz CT molecular complexity index is 525. The number of carbonyl (C=O) groups excluding carboxylic acids is 1. The minimum atomic E-state index is -0.137. The van der Waals surface area contributed by atoms with Crippen molar-refractivity contribution in [2.45, 2.75) is 6.54 Å². The van der Waals surface area contributed by atoms with Crippen molar-refractivity contribution in [3.05, 3.63) is 40.5 Å². The summed E-state index contributed by atoms with van der Waals surface area (Å²) in [5.74, 6) is 0.524. The summed E-state index contributed by atoms with van der Waals surface area (Å²) in [7, 11) is 3.72. The first-order chi connectivity index (χ1) is 8.68. The SMILES string of the molecule is CN(C)c1ncccc1C(=O)NCc1nccs1. The summed E-state index contributed by atoms with van der Waals surface area (Å²) >= 11 is 1.52. The molecule has 5 nitrogen and oxygen atoms in total. The van der Waals surface area contributed by atoms with E-state index in [1.807, 2.05) is 24.4 Å². The Balaban J connectivity index is 2.09. The third-order valence-electron chi connectivity index (χ3n) is 2.34. The Labute approximate surface area is 109 Å². The molecule has 0 saturated heterocycles. The second-order valence-electron chi connectivity index (χ2n) is 3.88. The molecule has 0 aromatic carbocycles. The van der Waals surface area contributed by atoms with E-state index in [1.54, 1.807) is 24.5 Å². The monoisotopic (exact) mass is 262 g/mol. The van der Waals surface area contributed by atoms with Gasteiger partial charge in [-0.05, 0) is 12.1 Å². The van der Waals surface area contributed by atoms with Gasteiger partial charge in [-0.25, -0.2) is 9.97 Å². The lowest BCUT2D eigenvalue weighted by atomic mass is 10.2. The summed E-state index contributed by atoms with van der Waals surface area (Å²) < 4.78 is 0. The van der Waals surface area contributed by atoms with Crippen molar-refractivity contribution < 1.29 is 4.79 Å². The van der Waals surface area contributed by atoms with Gasteiger partial charge in [0, 0.05) is 31.9 Å². The fraction of sp³-hybridized carbons (Fsp3) is 0.250. The Morgan fingerprint density at radius 3 is 2.89 bits per heavy atom. The van der Waals surface area contributed by atoms with E-state index in [0.29, 0.717) is 17.9 Å². The van der Waals surface area contributed by atoms with Crippen LogP contribution in [0.2, 0.25) is 0 Å². The highest BCUT2D eigenvalue weighted by Crippen LogP contribution is 2.14. The quantitative estimate of drug-likeness (QED) is 0.908. The van der Waals surface area contributed by atoms with Crippen molar-refractivity contribution in [1.82, 2.24) is 15.3 Å². The van der Waals surface area contributed by atoms with Gasteiger partial charge < -0.3 is 10.2 Å². The lowest BCUT2D eigenvalue weighted by molar-refractivity contribution is 0.0951. The van der Waals surface area contributed by atoms with E-state index in [9.17, 15) is 4.79 Å². The molecule has 2 aromatic heterocycles. The Morgan fingerprint density at radius 2 is 2.22 bits per heavy atom. The van der Waals surface area contributed by atoms with E-state index in [1.165, 1.54) is 11.3 Å². The van der Waals surface area contributed by atoms with Crippen LogP contribution in [0.1, 0.15) is 15.4 Å². The topological polar surface area (TPSA) is 58.1 Å². The molecule has 94 valence electrons. The molecule has 2 heterocycles. The van der Waals surface area contributed by atoms with Crippen LogP contribution in [-0.2, 0) is 6.54 Å². The number of hydrogen-bond acceptors (Lipinski definition) is 5. The minimum absolute atomic E-state index is 0.137. The highest BCUT2D eigenvalue weighted by molar-refractivity contribution is 7.09. The number of aromatic nitrogens is 2. The summed E-state index contributed by atoms with van der Waals surface area (Å²) in [6.45, 7) is 0.443. The largest absolute Gasteiger partial charge is 0.362 e. The second-order valence-corrected chi connectivity index (χ2v) is 4.86. The van der Waals surface area contributed by atoms with Crippen molar-refractivity contribution in [2.75, 3.05) is 19.0 Å². The van der Waals surface area contributed by atoms with Gasteiger partial charge >= 0.3 is 0 Å². The van der Waals surface area contributed by atoms with E-state index in [4.69, 9.17) is 0 Å². The zero-order valence-corrected chi connectivity index (χ0v) is 11.1. The molecule has 0 aliphatic heterocycles. The normalized spacial score (nSPS) is 10.1. The zero-order valence-electron chi connectivity index (χ0n) is 10.3. The van der Waals surface area contributed by atoms with Crippen LogP contribution < -0.4 is 10.2 Å². The van der Waals surface area contributed by atoms with Crippen LogP contribution in [0.3, 0.4) is 0 Å². The van der Waals surface area contributed by atoms with E-state index >= 15 is 0 Å². The van der Waals surface area contributed by atoms with Gasteiger partial charge in [0.15, 0.2) is 0 Å². The number of nitrogens with zero attached hydrogens (tertiary/aromatic N) is 3. The van der Waals surface area contributed by atoms with Gasteiger partial charge in [-0.15, -0.1) is 11.3 Å². The van der Waals surface area contributed by atoms with E-state index in [-0.39, 0.29) is 5.91 Å². The number of rotatable bonds is 4. The number of pyridine rings is 1. The minimum Gasteiger partial charge on any atom is -0.362 e. The molecule has 0 radical (unpaired) electrons. The van der Waals surface area contributed by atoms with Gasteiger partial charge in [0.1, 0.15) is 10.8 Å². The average molecular weight is 262 g/mol. The van der Waals surface area contributed by atoms with Crippen molar-refractivity contribution >= 4 is 23.1 Å². The van der Waals surface area contributed by atoms with E-state index in [2.05, 4.69) is 15.3 Å². The first-order valence-electron chi connectivity index (χ1n) is 5.47. The maximum atomic E-state index is 12.1. The maximum Gasteiger partial charge on any atom is 0.255 e. The van der Waals surface area contributed by atoms with Gasteiger partial charge in [-0.3, -0.25) is 4.79 Å². The summed E-state index contributed by atoms with van der Waals surface area (Å²) in [6, 6.07) is 3.52. The summed E-state index contributed by atoms with van der Waals surface area (Å²) in [4.78, 5) is 22.2. The first-order valence-corrected chi connectivity index (χ1v) is 6.35. The number of anilines is 1. The summed E-state index contributed by atoms with van der Waals surface area (Å²) in [5.41, 5.74) is 0.569. The van der Waals surface area contributed by atoms with E-state index < -0.39 is 0 Å². The number of nitrogens with one attached hydrogen (secondary N) is 1. The molecule has 18 heavy (non-hydrogen) atoms. The molecule has 0 fully saturated rings. The molecular weight excluding hydrogens is 248 g/mol. The van der Waals surface area contributed by atoms with E-state index in [0.717, 1.165) is 5.01 Å². The highest BCUT2D eigenvalue weighted by atomic mass is 32.1. The fourth-order valence-corrected chi connectivity index (χ4v) is 2.08. The lowest BCUT2D eigenvalue weighted by Gasteiger charge is -2.15. The van der Waals surface area contributed by atoms with Gasteiger partial charge in [0.2, 0.25) is 0 Å². The van der Waals surface area contributed by atoms with Crippen LogP contribution in [0.15, 0.2) is 29.9 Å². The molecule has 0 aliphatic carbocycles. The standard InChI is InChI=1S/C12H14N4OS/c1-16(2)11-9(4-3-5-14-11)12(17)15-8-10-13-6-7-18-10/h3-7H,8H2,1-2H3,(H,15,17).